The zero-order valence-corrected chi connectivity index (χ0v) is 14.6. The summed E-state index contributed by atoms with van der Waals surface area (Å²) in [4.78, 5) is 13.4. The van der Waals surface area contributed by atoms with Crippen LogP contribution in [-0.4, -0.2) is 44.0 Å². The van der Waals surface area contributed by atoms with Gasteiger partial charge in [-0.3, -0.25) is 4.79 Å². The molecule has 0 unspecified atom stereocenters. The number of carbonyl (C=O) groups excluding carboxylic acids is 1. The van der Waals surface area contributed by atoms with E-state index in [2.05, 4.69) is 18.7 Å². The number of likely N-dealkylation sites (tertiary alicyclic amines) is 1. The Morgan fingerprint density at radius 3 is 2.57 bits per heavy atom. The molecule has 1 fully saturated rings. The van der Waals surface area contributed by atoms with E-state index in [-0.39, 0.29) is 0 Å². The number of aldehydes is 1. The smallest absolute Gasteiger partial charge is 0.161 e. The fourth-order valence-corrected chi connectivity index (χ4v) is 3.43. The largest absolute Gasteiger partial charge is 0.490 e. The first-order valence-corrected chi connectivity index (χ1v) is 8.69. The second-order valence-electron chi connectivity index (χ2n) is 6.66. The molecule has 1 aliphatic heterocycles. The van der Waals surface area contributed by atoms with Crippen molar-refractivity contribution in [1.82, 2.24) is 4.90 Å². The van der Waals surface area contributed by atoms with Gasteiger partial charge in [0.2, 0.25) is 0 Å². The lowest BCUT2D eigenvalue weighted by Crippen LogP contribution is -2.39. The lowest BCUT2D eigenvalue weighted by Gasteiger charge is -2.34. The maximum atomic E-state index is 10.9. The molecular formula is C19H29NO3. The summed E-state index contributed by atoms with van der Waals surface area (Å²) in [5.41, 5.74) is 0.608. The van der Waals surface area contributed by atoms with Gasteiger partial charge in [0, 0.05) is 25.2 Å². The molecule has 128 valence electrons. The highest BCUT2D eigenvalue weighted by atomic mass is 16.5. The van der Waals surface area contributed by atoms with Crippen LogP contribution in [0.4, 0.5) is 0 Å². The first-order valence-electron chi connectivity index (χ1n) is 8.69. The first-order chi connectivity index (χ1) is 11.1. The van der Waals surface area contributed by atoms with Crippen molar-refractivity contribution in [2.75, 3.05) is 32.8 Å². The summed E-state index contributed by atoms with van der Waals surface area (Å²) >= 11 is 0. The maximum absolute atomic E-state index is 10.9. The van der Waals surface area contributed by atoms with Crippen LogP contribution in [0.3, 0.4) is 0 Å². The average molecular weight is 319 g/mol. The SMILES string of the molecule is CCOc1cc(C=O)ccc1OCCCN1C[C@H](C)C[C@@H](C)C1. The molecule has 1 aromatic rings. The Morgan fingerprint density at radius 1 is 1.17 bits per heavy atom. The maximum Gasteiger partial charge on any atom is 0.161 e. The van der Waals surface area contributed by atoms with Gasteiger partial charge < -0.3 is 14.4 Å². The van der Waals surface area contributed by atoms with Gasteiger partial charge in [-0.15, -0.1) is 0 Å². The standard InChI is InChI=1S/C19H29NO3/c1-4-22-19-11-17(14-21)6-7-18(19)23-9-5-8-20-12-15(2)10-16(3)13-20/h6-7,11,14-16H,4-5,8-10,12-13H2,1-3H3/t15-,16-/m1/s1. The van der Waals surface area contributed by atoms with E-state index in [1.54, 1.807) is 12.1 Å². The van der Waals surface area contributed by atoms with Gasteiger partial charge in [-0.2, -0.15) is 0 Å². The number of nitrogens with zero attached hydrogens (tertiary/aromatic N) is 1. The summed E-state index contributed by atoms with van der Waals surface area (Å²) in [5, 5.41) is 0. The zero-order chi connectivity index (χ0) is 16.7. The molecular weight excluding hydrogens is 290 g/mol. The van der Waals surface area contributed by atoms with Crippen LogP contribution in [0.1, 0.15) is 44.0 Å². The van der Waals surface area contributed by atoms with Crippen molar-refractivity contribution in [2.24, 2.45) is 11.8 Å². The monoisotopic (exact) mass is 319 g/mol. The molecule has 1 aromatic carbocycles. The molecule has 4 nitrogen and oxygen atoms in total. The first kappa shape index (κ1) is 17.8. The Balaban J connectivity index is 1.80. The molecule has 1 saturated heterocycles. The number of ether oxygens (including phenoxy) is 2. The van der Waals surface area contributed by atoms with Crippen LogP contribution in [-0.2, 0) is 0 Å². The number of hydrogen-bond acceptors (Lipinski definition) is 4. The summed E-state index contributed by atoms with van der Waals surface area (Å²) in [7, 11) is 0. The van der Waals surface area contributed by atoms with Gasteiger partial charge in [0.1, 0.15) is 6.29 Å². The molecule has 0 saturated carbocycles. The molecule has 2 rings (SSSR count). The number of hydrogen-bond donors (Lipinski definition) is 0. The topological polar surface area (TPSA) is 38.8 Å². The number of piperidine rings is 1. The molecule has 4 heteroatoms. The molecule has 0 bridgehead atoms. The van der Waals surface area contributed by atoms with Gasteiger partial charge in [0.05, 0.1) is 13.2 Å². The lowest BCUT2D eigenvalue weighted by molar-refractivity contribution is 0.112. The number of carbonyl (C=O) groups is 1. The summed E-state index contributed by atoms with van der Waals surface area (Å²) in [6, 6.07) is 5.32. The van der Waals surface area contributed by atoms with E-state index < -0.39 is 0 Å². The predicted octanol–water partition coefficient (Wildman–Crippen LogP) is 3.64. The minimum Gasteiger partial charge on any atom is -0.490 e. The molecule has 0 aromatic heterocycles. The van der Waals surface area contributed by atoms with Crippen molar-refractivity contribution in [1.29, 1.82) is 0 Å². The summed E-state index contributed by atoms with van der Waals surface area (Å²) in [5.74, 6) is 2.95. The minimum atomic E-state index is 0.558. The van der Waals surface area contributed by atoms with E-state index in [1.165, 1.54) is 19.5 Å². The second-order valence-corrected chi connectivity index (χ2v) is 6.66. The molecule has 0 radical (unpaired) electrons. The minimum absolute atomic E-state index is 0.558. The van der Waals surface area contributed by atoms with Crippen LogP contribution < -0.4 is 9.47 Å². The van der Waals surface area contributed by atoms with E-state index in [9.17, 15) is 4.79 Å². The van der Waals surface area contributed by atoms with Gasteiger partial charge >= 0.3 is 0 Å². The average Bonchev–Trinajstić information content (AvgIpc) is 2.52. The molecule has 0 aliphatic carbocycles. The number of rotatable bonds is 8. The molecule has 1 aliphatic rings. The van der Waals surface area contributed by atoms with Crippen LogP contribution in [0.5, 0.6) is 11.5 Å². The normalized spacial score (nSPS) is 21.9. The molecule has 0 N–H and O–H groups in total. The highest BCUT2D eigenvalue weighted by molar-refractivity contribution is 5.76. The highest BCUT2D eigenvalue weighted by Crippen LogP contribution is 2.28. The summed E-state index contributed by atoms with van der Waals surface area (Å²) in [6.07, 6.45) is 3.17. The van der Waals surface area contributed by atoms with Gasteiger partial charge in [-0.05, 0) is 49.8 Å². The third kappa shape index (κ3) is 5.54. The Kier molecular flexibility index (Phi) is 6.90. The van der Waals surface area contributed by atoms with E-state index in [1.807, 2.05) is 13.0 Å². The van der Waals surface area contributed by atoms with Gasteiger partial charge in [0.15, 0.2) is 11.5 Å². The van der Waals surface area contributed by atoms with Crippen molar-refractivity contribution < 1.29 is 14.3 Å². The Bertz CT molecular complexity index is 493. The third-order valence-corrected chi connectivity index (χ3v) is 4.22. The Hall–Kier alpha value is -1.55. The van der Waals surface area contributed by atoms with Crippen LogP contribution in [0.15, 0.2) is 18.2 Å². The summed E-state index contributed by atoms with van der Waals surface area (Å²) < 4.78 is 11.4. The van der Waals surface area contributed by atoms with Crippen LogP contribution in [0.2, 0.25) is 0 Å². The lowest BCUT2D eigenvalue weighted by atomic mass is 9.92. The Labute approximate surface area is 139 Å². The van der Waals surface area contributed by atoms with Gasteiger partial charge in [-0.1, -0.05) is 13.8 Å². The zero-order valence-electron chi connectivity index (χ0n) is 14.6. The van der Waals surface area contributed by atoms with Crippen molar-refractivity contribution in [3.05, 3.63) is 23.8 Å². The van der Waals surface area contributed by atoms with Crippen molar-refractivity contribution in [3.8, 4) is 11.5 Å². The molecule has 23 heavy (non-hydrogen) atoms. The fourth-order valence-electron chi connectivity index (χ4n) is 3.43. The Morgan fingerprint density at radius 2 is 1.91 bits per heavy atom. The van der Waals surface area contributed by atoms with Crippen LogP contribution >= 0.6 is 0 Å². The quantitative estimate of drug-likeness (QED) is 0.541. The predicted molar refractivity (Wildman–Crippen MR) is 92.5 cm³/mol. The molecule has 1 heterocycles. The third-order valence-electron chi connectivity index (χ3n) is 4.22. The summed E-state index contributed by atoms with van der Waals surface area (Å²) in [6.45, 7) is 11.3. The van der Waals surface area contributed by atoms with Crippen LogP contribution in [0.25, 0.3) is 0 Å². The molecule has 2 atom stereocenters. The van der Waals surface area contributed by atoms with Crippen molar-refractivity contribution in [2.45, 2.75) is 33.6 Å². The molecule has 0 spiro atoms. The fraction of sp³-hybridized carbons (Fsp3) is 0.632. The highest BCUT2D eigenvalue weighted by Gasteiger charge is 2.21. The van der Waals surface area contributed by atoms with Gasteiger partial charge in [-0.25, -0.2) is 0 Å². The van der Waals surface area contributed by atoms with Crippen LogP contribution in [0, 0.1) is 11.8 Å². The van der Waals surface area contributed by atoms with Crippen molar-refractivity contribution in [3.63, 3.8) is 0 Å². The van der Waals surface area contributed by atoms with E-state index in [4.69, 9.17) is 9.47 Å². The molecule has 0 amide bonds. The number of benzene rings is 1. The second kappa shape index (κ2) is 8.92. The van der Waals surface area contributed by atoms with E-state index >= 15 is 0 Å². The van der Waals surface area contributed by atoms with Gasteiger partial charge in [0.25, 0.3) is 0 Å². The van der Waals surface area contributed by atoms with E-state index in [0.29, 0.717) is 24.5 Å². The van der Waals surface area contributed by atoms with Crippen molar-refractivity contribution >= 4 is 6.29 Å². The van der Waals surface area contributed by atoms with E-state index in [0.717, 1.165) is 36.8 Å².